The van der Waals surface area contributed by atoms with Crippen LogP contribution in [-0.2, 0) is 19.4 Å². The Morgan fingerprint density at radius 1 is 1.08 bits per heavy atom. The van der Waals surface area contributed by atoms with E-state index in [0.717, 1.165) is 31.5 Å². The predicted molar refractivity (Wildman–Crippen MR) is 90.7 cm³/mol. The molecule has 25 heavy (non-hydrogen) atoms. The van der Waals surface area contributed by atoms with Crippen molar-refractivity contribution in [3.05, 3.63) is 65.2 Å². The van der Waals surface area contributed by atoms with Gasteiger partial charge in [-0.15, -0.1) is 0 Å². The average Bonchev–Trinajstić information content (AvgIpc) is 2.97. The summed E-state index contributed by atoms with van der Waals surface area (Å²) in [5, 5.41) is 7.34. The summed E-state index contributed by atoms with van der Waals surface area (Å²) < 4.78 is 24.0. The van der Waals surface area contributed by atoms with Gasteiger partial charge in [-0.3, -0.25) is 0 Å². The molecular formula is C19H18FN3O2. The average molecular weight is 339 g/mol. The number of ether oxygens (including phenoxy) is 1. The second-order valence-corrected chi connectivity index (χ2v) is 6.00. The fourth-order valence-electron chi connectivity index (χ4n) is 2.94. The first-order valence-corrected chi connectivity index (χ1v) is 8.32. The number of aromatic nitrogens is 2. The molecule has 4 rings (SSSR count). The first-order chi connectivity index (χ1) is 12.3. The van der Waals surface area contributed by atoms with Gasteiger partial charge in [-0.05, 0) is 61.3 Å². The number of benzene rings is 2. The number of halogens is 1. The SMILES string of the molecule is Fc1cccc(OCc2noc(-c3ccc4c(c3)CCNCC4)n2)c1. The van der Waals surface area contributed by atoms with Gasteiger partial charge in [0, 0.05) is 11.6 Å². The highest BCUT2D eigenvalue weighted by molar-refractivity contribution is 5.56. The summed E-state index contributed by atoms with van der Waals surface area (Å²) in [6.45, 7) is 2.11. The molecule has 0 atom stereocenters. The van der Waals surface area contributed by atoms with Crippen LogP contribution in [0, 0.1) is 5.82 Å². The Labute approximate surface area is 144 Å². The van der Waals surface area contributed by atoms with E-state index in [4.69, 9.17) is 9.26 Å². The number of fused-ring (bicyclic) bond motifs is 1. The number of nitrogens with one attached hydrogen (secondary N) is 1. The summed E-state index contributed by atoms with van der Waals surface area (Å²) in [7, 11) is 0. The lowest BCUT2D eigenvalue weighted by Crippen LogP contribution is -2.16. The van der Waals surface area contributed by atoms with E-state index in [-0.39, 0.29) is 12.4 Å². The molecule has 0 unspecified atom stereocenters. The Morgan fingerprint density at radius 2 is 1.96 bits per heavy atom. The lowest BCUT2D eigenvalue weighted by molar-refractivity contribution is 0.286. The summed E-state index contributed by atoms with van der Waals surface area (Å²) in [6.07, 6.45) is 2.03. The van der Waals surface area contributed by atoms with Crippen LogP contribution in [0.2, 0.25) is 0 Å². The van der Waals surface area contributed by atoms with Gasteiger partial charge in [0.25, 0.3) is 5.89 Å². The van der Waals surface area contributed by atoms with Gasteiger partial charge in [-0.1, -0.05) is 17.3 Å². The molecule has 6 heteroatoms. The van der Waals surface area contributed by atoms with Crippen molar-refractivity contribution < 1.29 is 13.7 Å². The maximum absolute atomic E-state index is 13.2. The van der Waals surface area contributed by atoms with Gasteiger partial charge in [0.05, 0.1) is 0 Å². The first kappa shape index (κ1) is 15.8. The number of rotatable bonds is 4. The fourth-order valence-corrected chi connectivity index (χ4v) is 2.94. The van der Waals surface area contributed by atoms with Gasteiger partial charge in [-0.25, -0.2) is 4.39 Å². The van der Waals surface area contributed by atoms with Gasteiger partial charge in [-0.2, -0.15) is 4.98 Å². The molecule has 0 aliphatic carbocycles. The van der Waals surface area contributed by atoms with E-state index < -0.39 is 0 Å². The third-order valence-corrected chi connectivity index (χ3v) is 4.23. The van der Waals surface area contributed by atoms with Gasteiger partial charge in [0.15, 0.2) is 6.61 Å². The molecule has 0 fully saturated rings. The molecule has 0 radical (unpaired) electrons. The van der Waals surface area contributed by atoms with Crippen molar-refractivity contribution >= 4 is 0 Å². The van der Waals surface area contributed by atoms with Crippen LogP contribution in [0.15, 0.2) is 47.0 Å². The van der Waals surface area contributed by atoms with Gasteiger partial charge in [0.1, 0.15) is 11.6 Å². The van der Waals surface area contributed by atoms with Crippen LogP contribution in [0.25, 0.3) is 11.5 Å². The first-order valence-electron chi connectivity index (χ1n) is 8.32. The Balaban J connectivity index is 1.48. The Kier molecular flexibility index (Phi) is 4.43. The zero-order valence-electron chi connectivity index (χ0n) is 13.7. The summed E-state index contributed by atoms with van der Waals surface area (Å²) in [5.41, 5.74) is 3.59. The standard InChI is InChI=1S/C19H18FN3O2/c20-16-2-1-3-17(11-16)24-12-18-22-19(25-23-18)15-5-4-13-6-8-21-9-7-14(13)10-15/h1-5,10-11,21H,6-9,12H2. The molecule has 1 aliphatic rings. The quantitative estimate of drug-likeness (QED) is 0.791. The molecule has 1 aliphatic heterocycles. The van der Waals surface area contributed by atoms with E-state index in [1.807, 2.05) is 6.07 Å². The van der Waals surface area contributed by atoms with Crippen LogP contribution in [0.5, 0.6) is 5.75 Å². The lowest BCUT2D eigenvalue weighted by Gasteiger charge is -2.05. The maximum atomic E-state index is 13.2. The molecule has 0 bridgehead atoms. The molecule has 2 aromatic carbocycles. The van der Waals surface area contributed by atoms with Crippen LogP contribution < -0.4 is 10.1 Å². The van der Waals surface area contributed by atoms with E-state index in [0.29, 0.717) is 17.5 Å². The van der Waals surface area contributed by atoms with Crippen molar-refractivity contribution in [3.63, 3.8) is 0 Å². The molecule has 3 aromatic rings. The summed E-state index contributed by atoms with van der Waals surface area (Å²) >= 11 is 0. The molecule has 128 valence electrons. The Morgan fingerprint density at radius 3 is 2.84 bits per heavy atom. The van der Waals surface area contributed by atoms with Crippen LogP contribution in [-0.4, -0.2) is 23.2 Å². The van der Waals surface area contributed by atoms with Crippen LogP contribution >= 0.6 is 0 Å². The molecule has 0 amide bonds. The molecule has 0 saturated carbocycles. The Bertz CT molecular complexity index is 879. The van der Waals surface area contributed by atoms with E-state index in [2.05, 4.69) is 27.6 Å². The molecule has 5 nitrogen and oxygen atoms in total. The highest BCUT2D eigenvalue weighted by Gasteiger charge is 2.13. The van der Waals surface area contributed by atoms with Crippen molar-refractivity contribution in [1.29, 1.82) is 0 Å². The van der Waals surface area contributed by atoms with Crippen molar-refractivity contribution in [2.75, 3.05) is 13.1 Å². The zero-order valence-corrected chi connectivity index (χ0v) is 13.7. The number of nitrogens with zero attached hydrogens (tertiary/aromatic N) is 2. The van der Waals surface area contributed by atoms with Crippen LogP contribution in [0.4, 0.5) is 4.39 Å². The van der Waals surface area contributed by atoms with Crippen molar-refractivity contribution in [3.8, 4) is 17.2 Å². The molecule has 2 heterocycles. The highest BCUT2D eigenvalue weighted by atomic mass is 19.1. The Hall–Kier alpha value is -2.73. The molecule has 0 saturated heterocycles. The zero-order chi connectivity index (χ0) is 17.1. The predicted octanol–water partition coefficient (Wildman–Crippen LogP) is 3.14. The minimum atomic E-state index is -0.342. The van der Waals surface area contributed by atoms with Gasteiger partial charge >= 0.3 is 0 Å². The number of hydrogen-bond donors (Lipinski definition) is 1. The second-order valence-electron chi connectivity index (χ2n) is 6.00. The van der Waals surface area contributed by atoms with Gasteiger partial charge < -0.3 is 14.6 Å². The van der Waals surface area contributed by atoms with Gasteiger partial charge in [0.2, 0.25) is 5.82 Å². The van der Waals surface area contributed by atoms with Crippen molar-refractivity contribution in [2.45, 2.75) is 19.4 Å². The summed E-state index contributed by atoms with van der Waals surface area (Å²) in [6, 6.07) is 12.2. The molecule has 0 spiro atoms. The highest BCUT2D eigenvalue weighted by Crippen LogP contribution is 2.23. The van der Waals surface area contributed by atoms with Crippen LogP contribution in [0.1, 0.15) is 17.0 Å². The third kappa shape index (κ3) is 3.69. The fraction of sp³-hybridized carbons (Fsp3) is 0.263. The minimum Gasteiger partial charge on any atom is -0.485 e. The normalized spacial score (nSPS) is 14.0. The largest absolute Gasteiger partial charge is 0.485 e. The third-order valence-electron chi connectivity index (χ3n) is 4.23. The van der Waals surface area contributed by atoms with E-state index in [9.17, 15) is 4.39 Å². The molecule has 1 N–H and O–H groups in total. The summed E-state index contributed by atoms with van der Waals surface area (Å²) in [4.78, 5) is 4.38. The summed E-state index contributed by atoms with van der Waals surface area (Å²) in [5.74, 6) is 0.989. The molecule has 1 aromatic heterocycles. The van der Waals surface area contributed by atoms with Crippen molar-refractivity contribution in [2.24, 2.45) is 0 Å². The smallest absolute Gasteiger partial charge is 0.258 e. The van der Waals surface area contributed by atoms with Crippen LogP contribution in [0.3, 0.4) is 0 Å². The van der Waals surface area contributed by atoms with E-state index in [1.165, 1.54) is 23.3 Å². The monoisotopic (exact) mass is 339 g/mol. The second kappa shape index (κ2) is 7.03. The number of hydrogen-bond acceptors (Lipinski definition) is 5. The lowest BCUT2D eigenvalue weighted by atomic mass is 10.00. The molecular weight excluding hydrogens is 321 g/mol. The van der Waals surface area contributed by atoms with Crippen molar-refractivity contribution in [1.82, 2.24) is 15.5 Å². The topological polar surface area (TPSA) is 60.2 Å². The minimum absolute atomic E-state index is 0.127. The van der Waals surface area contributed by atoms with E-state index >= 15 is 0 Å². The van der Waals surface area contributed by atoms with E-state index in [1.54, 1.807) is 12.1 Å². The maximum Gasteiger partial charge on any atom is 0.258 e.